The molecule has 4 heteroatoms. The van der Waals surface area contributed by atoms with Crippen LogP contribution in [0.5, 0.6) is 5.75 Å². The Morgan fingerprint density at radius 2 is 2.21 bits per heavy atom. The SMILES string of the molecule is Oc1ccccc1C=Nc1nccs1. The molecule has 2 rings (SSSR count). The molecule has 1 heterocycles. The molecule has 0 saturated heterocycles. The monoisotopic (exact) mass is 204 g/mol. The standard InChI is InChI=1S/C10H8N2OS/c13-9-4-2-1-3-8(9)7-12-10-11-5-6-14-10/h1-7,13H. The van der Waals surface area contributed by atoms with Crippen molar-refractivity contribution in [1.82, 2.24) is 4.98 Å². The van der Waals surface area contributed by atoms with E-state index in [-0.39, 0.29) is 5.75 Å². The number of rotatable bonds is 2. The van der Waals surface area contributed by atoms with Crippen LogP contribution < -0.4 is 0 Å². The van der Waals surface area contributed by atoms with E-state index in [1.54, 1.807) is 30.6 Å². The Labute approximate surface area is 85.4 Å². The third-order valence-electron chi connectivity index (χ3n) is 1.67. The van der Waals surface area contributed by atoms with Crippen LogP contribution in [0.15, 0.2) is 40.8 Å². The van der Waals surface area contributed by atoms with Gasteiger partial charge in [0.2, 0.25) is 5.13 Å². The summed E-state index contributed by atoms with van der Waals surface area (Å²) in [7, 11) is 0. The van der Waals surface area contributed by atoms with Gasteiger partial charge in [-0.3, -0.25) is 0 Å². The highest BCUT2D eigenvalue weighted by Gasteiger charge is 1.95. The van der Waals surface area contributed by atoms with E-state index < -0.39 is 0 Å². The molecule has 0 aliphatic carbocycles. The van der Waals surface area contributed by atoms with Gasteiger partial charge in [0.25, 0.3) is 0 Å². The van der Waals surface area contributed by atoms with Gasteiger partial charge in [-0.05, 0) is 12.1 Å². The van der Waals surface area contributed by atoms with Crippen LogP contribution in [0.4, 0.5) is 5.13 Å². The van der Waals surface area contributed by atoms with Gasteiger partial charge in [0.1, 0.15) is 5.75 Å². The van der Waals surface area contributed by atoms with Crippen LogP contribution in [0.25, 0.3) is 0 Å². The minimum absolute atomic E-state index is 0.229. The van der Waals surface area contributed by atoms with Crippen LogP contribution in [0.2, 0.25) is 0 Å². The molecule has 0 saturated carbocycles. The van der Waals surface area contributed by atoms with Gasteiger partial charge in [0, 0.05) is 23.4 Å². The predicted molar refractivity (Wildman–Crippen MR) is 57.5 cm³/mol. The van der Waals surface area contributed by atoms with Crippen LogP contribution in [0.3, 0.4) is 0 Å². The number of benzene rings is 1. The summed E-state index contributed by atoms with van der Waals surface area (Å²) >= 11 is 1.46. The first-order chi connectivity index (χ1) is 6.86. The summed E-state index contributed by atoms with van der Waals surface area (Å²) in [6, 6.07) is 7.05. The zero-order valence-electron chi connectivity index (χ0n) is 7.29. The summed E-state index contributed by atoms with van der Waals surface area (Å²) in [5.41, 5.74) is 0.697. The molecule has 3 nitrogen and oxygen atoms in total. The quantitative estimate of drug-likeness (QED) is 0.764. The van der Waals surface area contributed by atoms with Gasteiger partial charge in [-0.2, -0.15) is 0 Å². The number of para-hydroxylation sites is 1. The normalized spacial score (nSPS) is 10.9. The molecule has 0 atom stereocenters. The van der Waals surface area contributed by atoms with E-state index in [1.165, 1.54) is 11.3 Å². The second-order valence-corrected chi connectivity index (χ2v) is 3.50. The topological polar surface area (TPSA) is 45.5 Å². The van der Waals surface area contributed by atoms with Crippen LogP contribution >= 0.6 is 11.3 Å². The van der Waals surface area contributed by atoms with Crippen molar-refractivity contribution in [3.05, 3.63) is 41.4 Å². The average Bonchev–Trinajstić information content (AvgIpc) is 2.69. The number of thiazole rings is 1. The molecular formula is C10H8N2OS. The number of phenols is 1. The molecule has 0 radical (unpaired) electrons. The van der Waals surface area contributed by atoms with Crippen LogP contribution in [-0.4, -0.2) is 16.3 Å². The fraction of sp³-hybridized carbons (Fsp3) is 0. The lowest BCUT2D eigenvalue weighted by molar-refractivity contribution is 0.474. The van der Waals surface area contributed by atoms with E-state index in [0.717, 1.165) is 0 Å². The Balaban J connectivity index is 2.23. The molecular weight excluding hydrogens is 196 g/mol. The summed E-state index contributed by atoms with van der Waals surface area (Å²) in [5.74, 6) is 0.229. The van der Waals surface area contributed by atoms with Crippen molar-refractivity contribution in [2.75, 3.05) is 0 Å². The molecule has 0 unspecified atom stereocenters. The molecule has 0 aliphatic heterocycles. The zero-order valence-corrected chi connectivity index (χ0v) is 8.11. The molecule has 1 aromatic carbocycles. The first-order valence-corrected chi connectivity index (χ1v) is 4.96. The minimum atomic E-state index is 0.229. The van der Waals surface area contributed by atoms with E-state index in [2.05, 4.69) is 9.98 Å². The minimum Gasteiger partial charge on any atom is -0.507 e. The van der Waals surface area contributed by atoms with Gasteiger partial charge in [-0.25, -0.2) is 9.98 Å². The van der Waals surface area contributed by atoms with Crippen LogP contribution in [-0.2, 0) is 0 Å². The maximum atomic E-state index is 9.43. The highest BCUT2D eigenvalue weighted by Crippen LogP contribution is 2.17. The molecule has 1 N–H and O–H groups in total. The van der Waals surface area contributed by atoms with Crippen molar-refractivity contribution in [2.24, 2.45) is 4.99 Å². The van der Waals surface area contributed by atoms with E-state index in [9.17, 15) is 5.11 Å². The number of hydrogen-bond acceptors (Lipinski definition) is 4. The van der Waals surface area contributed by atoms with Gasteiger partial charge >= 0.3 is 0 Å². The van der Waals surface area contributed by atoms with Gasteiger partial charge in [0.05, 0.1) is 0 Å². The maximum Gasteiger partial charge on any atom is 0.209 e. The fourth-order valence-electron chi connectivity index (χ4n) is 1.00. The summed E-state index contributed by atoms with van der Waals surface area (Å²) in [5, 5.41) is 12.0. The number of nitrogens with zero attached hydrogens (tertiary/aromatic N) is 2. The van der Waals surface area contributed by atoms with Crippen LogP contribution in [0, 0.1) is 0 Å². The molecule has 2 aromatic rings. The Morgan fingerprint density at radius 3 is 2.93 bits per heavy atom. The molecule has 0 spiro atoms. The van der Waals surface area contributed by atoms with Crippen molar-refractivity contribution >= 4 is 22.7 Å². The third-order valence-corrected chi connectivity index (χ3v) is 2.35. The maximum absolute atomic E-state index is 9.43. The van der Waals surface area contributed by atoms with Gasteiger partial charge in [-0.15, -0.1) is 11.3 Å². The molecule has 0 bridgehead atoms. The first-order valence-electron chi connectivity index (χ1n) is 4.08. The zero-order chi connectivity index (χ0) is 9.80. The van der Waals surface area contributed by atoms with E-state index >= 15 is 0 Å². The van der Waals surface area contributed by atoms with Crippen molar-refractivity contribution in [1.29, 1.82) is 0 Å². The number of aliphatic imine (C=N–C) groups is 1. The number of aromatic nitrogens is 1. The average molecular weight is 204 g/mol. The summed E-state index contributed by atoms with van der Waals surface area (Å²) < 4.78 is 0. The smallest absolute Gasteiger partial charge is 0.209 e. The Bertz CT molecular complexity index is 437. The molecule has 1 aromatic heterocycles. The van der Waals surface area contributed by atoms with E-state index in [4.69, 9.17) is 0 Å². The Hall–Kier alpha value is -1.68. The van der Waals surface area contributed by atoms with Crippen LogP contribution in [0.1, 0.15) is 5.56 Å². The number of phenolic OH excluding ortho intramolecular Hbond substituents is 1. The van der Waals surface area contributed by atoms with Crippen molar-refractivity contribution in [2.45, 2.75) is 0 Å². The Kier molecular flexibility index (Phi) is 2.55. The summed E-state index contributed by atoms with van der Waals surface area (Å²) in [6.45, 7) is 0. The summed E-state index contributed by atoms with van der Waals surface area (Å²) in [6.07, 6.45) is 3.30. The van der Waals surface area contributed by atoms with E-state index in [0.29, 0.717) is 10.7 Å². The lowest BCUT2D eigenvalue weighted by atomic mass is 10.2. The van der Waals surface area contributed by atoms with Gasteiger partial charge in [0.15, 0.2) is 0 Å². The Morgan fingerprint density at radius 1 is 1.36 bits per heavy atom. The second kappa shape index (κ2) is 4.02. The number of aromatic hydroxyl groups is 1. The third kappa shape index (κ3) is 1.97. The second-order valence-electron chi connectivity index (χ2n) is 2.63. The van der Waals surface area contributed by atoms with Crippen molar-refractivity contribution in [3.63, 3.8) is 0 Å². The molecule has 14 heavy (non-hydrogen) atoms. The molecule has 0 aliphatic rings. The van der Waals surface area contributed by atoms with Crippen molar-refractivity contribution in [3.8, 4) is 5.75 Å². The highest BCUT2D eigenvalue weighted by atomic mass is 32.1. The first kappa shape index (κ1) is 8.90. The number of hydrogen-bond donors (Lipinski definition) is 1. The predicted octanol–water partition coefficient (Wildman–Crippen LogP) is 2.60. The van der Waals surface area contributed by atoms with Gasteiger partial charge < -0.3 is 5.11 Å². The molecule has 0 fully saturated rings. The lowest BCUT2D eigenvalue weighted by Crippen LogP contribution is -1.80. The van der Waals surface area contributed by atoms with Crippen molar-refractivity contribution < 1.29 is 5.11 Å². The fourth-order valence-corrected chi connectivity index (χ4v) is 1.48. The highest BCUT2D eigenvalue weighted by molar-refractivity contribution is 7.13. The molecule has 70 valence electrons. The largest absolute Gasteiger partial charge is 0.507 e. The lowest BCUT2D eigenvalue weighted by Gasteiger charge is -1.95. The van der Waals surface area contributed by atoms with E-state index in [1.807, 2.05) is 11.4 Å². The summed E-state index contributed by atoms with van der Waals surface area (Å²) in [4.78, 5) is 8.12. The molecule has 0 amide bonds. The van der Waals surface area contributed by atoms with Gasteiger partial charge in [-0.1, -0.05) is 12.1 Å².